The summed E-state index contributed by atoms with van der Waals surface area (Å²) in [6.07, 6.45) is 4.42. The zero-order chi connectivity index (χ0) is 20.4. The van der Waals surface area contributed by atoms with Crippen molar-refractivity contribution in [1.82, 2.24) is 9.29 Å². The van der Waals surface area contributed by atoms with E-state index < -0.39 is 14.9 Å². The molecular formula is C18H23N5O4S2. The Kier molecular flexibility index (Phi) is 5.70. The molecule has 0 aliphatic carbocycles. The summed E-state index contributed by atoms with van der Waals surface area (Å²) in [6, 6.07) is 4.29. The number of rotatable bonds is 5. The van der Waals surface area contributed by atoms with Crippen LogP contribution in [0.1, 0.15) is 19.3 Å². The van der Waals surface area contributed by atoms with Crippen LogP contribution in [0.5, 0.6) is 0 Å². The van der Waals surface area contributed by atoms with Gasteiger partial charge in [0.15, 0.2) is 5.13 Å². The first-order chi connectivity index (χ1) is 14.0. The zero-order valence-electron chi connectivity index (χ0n) is 15.9. The van der Waals surface area contributed by atoms with Crippen molar-refractivity contribution in [2.24, 2.45) is 0 Å². The minimum absolute atomic E-state index is 0.00345. The minimum Gasteiger partial charge on any atom is -0.362 e. The summed E-state index contributed by atoms with van der Waals surface area (Å²) in [6.45, 7) is 3.57. The quantitative estimate of drug-likeness (QED) is 0.523. The van der Waals surface area contributed by atoms with E-state index in [-0.39, 0.29) is 10.6 Å². The zero-order valence-corrected chi connectivity index (χ0v) is 17.6. The highest BCUT2D eigenvalue weighted by Gasteiger charge is 2.30. The molecule has 156 valence electrons. The van der Waals surface area contributed by atoms with E-state index in [0.717, 1.165) is 24.4 Å². The molecule has 2 aliphatic rings. The number of nitro groups is 1. The van der Waals surface area contributed by atoms with Gasteiger partial charge in [0, 0.05) is 56.9 Å². The van der Waals surface area contributed by atoms with Crippen LogP contribution >= 0.6 is 11.3 Å². The van der Waals surface area contributed by atoms with Crippen molar-refractivity contribution in [3.8, 4) is 0 Å². The molecule has 2 saturated heterocycles. The summed E-state index contributed by atoms with van der Waals surface area (Å²) in [5, 5.41) is 14.6. The van der Waals surface area contributed by atoms with Crippen LogP contribution in [-0.4, -0.2) is 61.9 Å². The number of benzene rings is 1. The van der Waals surface area contributed by atoms with Crippen LogP contribution < -0.4 is 9.80 Å². The Labute approximate surface area is 173 Å². The number of anilines is 2. The van der Waals surface area contributed by atoms with Gasteiger partial charge in [0.25, 0.3) is 5.69 Å². The maximum absolute atomic E-state index is 12.9. The molecule has 0 bridgehead atoms. The first-order valence-corrected chi connectivity index (χ1v) is 12.0. The number of nitrogens with zero attached hydrogens (tertiary/aromatic N) is 5. The Bertz CT molecular complexity index is 966. The van der Waals surface area contributed by atoms with Crippen molar-refractivity contribution in [3.63, 3.8) is 0 Å². The van der Waals surface area contributed by atoms with E-state index in [1.54, 1.807) is 23.6 Å². The second-order valence-corrected chi connectivity index (χ2v) is 9.97. The fraction of sp³-hybridized carbons (Fsp3) is 0.500. The molecule has 29 heavy (non-hydrogen) atoms. The highest BCUT2D eigenvalue weighted by molar-refractivity contribution is 7.89. The van der Waals surface area contributed by atoms with Crippen LogP contribution in [0.4, 0.5) is 16.5 Å². The van der Waals surface area contributed by atoms with Crippen LogP contribution in [0.2, 0.25) is 0 Å². The lowest BCUT2D eigenvalue weighted by atomic mass is 10.2. The number of thiazole rings is 1. The number of hydrogen-bond acceptors (Lipinski definition) is 8. The molecule has 0 saturated carbocycles. The number of piperazine rings is 1. The third kappa shape index (κ3) is 4.07. The maximum atomic E-state index is 12.9. The molecule has 2 fully saturated rings. The van der Waals surface area contributed by atoms with Crippen LogP contribution in [0.15, 0.2) is 34.7 Å². The van der Waals surface area contributed by atoms with Crippen molar-refractivity contribution < 1.29 is 13.3 Å². The van der Waals surface area contributed by atoms with Gasteiger partial charge in [-0.25, -0.2) is 13.4 Å². The topological polar surface area (TPSA) is 99.9 Å². The molecule has 0 atom stereocenters. The number of sulfonamides is 1. The largest absolute Gasteiger partial charge is 0.362 e. The van der Waals surface area contributed by atoms with Crippen molar-refractivity contribution in [2.45, 2.75) is 24.2 Å². The van der Waals surface area contributed by atoms with E-state index >= 15 is 0 Å². The average Bonchev–Trinajstić information content (AvgIpc) is 3.29. The molecule has 9 nitrogen and oxygen atoms in total. The molecule has 1 aromatic carbocycles. The van der Waals surface area contributed by atoms with Gasteiger partial charge in [-0.2, -0.15) is 4.31 Å². The number of hydrogen-bond donors (Lipinski definition) is 0. The molecule has 0 spiro atoms. The van der Waals surface area contributed by atoms with E-state index in [4.69, 9.17) is 0 Å². The summed E-state index contributed by atoms with van der Waals surface area (Å²) >= 11 is 1.57. The van der Waals surface area contributed by atoms with Crippen molar-refractivity contribution in [1.29, 1.82) is 0 Å². The minimum atomic E-state index is -3.71. The molecule has 2 aliphatic heterocycles. The normalized spacial score (nSPS) is 18.8. The molecular weight excluding hydrogens is 414 g/mol. The molecule has 11 heteroatoms. The van der Waals surface area contributed by atoms with Crippen LogP contribution in [0.25, 0.3) is 0 Å². The Morgan fingerprint density at radius 1 is 1.00 bits per heavy atom. The van der Waals surface area contributed by atoms with E-state index in [1.807, 2.05) is 10.3 Å². The van der Waals surface area contributed by atoms with Gasteiger partial charge < -0.3 is 9.80 Å². The van der Waals surface area contributed by atoms with Crippen LogP contribution in [0, 0.1) is 10.1 Å². The van der Waals surface area contributed by atoms with Gasteiger partial charge in [0.1, 0.15) is 5.69 Å². The van der Waals surface area contributed by atoms with Crippen LogP contribution in [0.3, 0.4) is 0 Å². The molecule has 3 heterocycles. The van der Waals surface area contributed by atoms with Gasteiger partial charge >= 0.3 is 0 Å². The summed E-state index contributed by atoms with van der Waals surface area (Å²) in [5.41, 5.74) is 0.303. The highest BCUT2D eigenvalue weighted by Crippen LogP contribution is 2.33. The third-order valence-electron chi connectivity index (χ3n) is 5.41. The second-order valence-electron chi connectivity index (χ2n) is 7.16. The summed E-state index contributed by atoms with van der Waals surface area (Å²) < 4.78 is 27.2. The average molecular weight is 438 g/mol. The Balaban J connectivity index is 1.56. The second kappa shape index (κ2) is 8.25. The third-order valence-corrected chi connectivity index (χ3v) is 8.13. The Hall–Kier alpha value is -2.24. The van der Waals surface area contributed by atoms with Gasteiger partial charge in [-0.1, -0.05) is 6.42 Å². The summed E-state index contributed by atoms with van der Waals surface area (Å²) in [4.78, 5) is 19.6. The van der Waals surface area contributed by atoms with Crippen LogP contribution in [-0.2, 0) is 10.0 Å². The summed E-state index contributed by atoms with van der Waals surface area (Å²) in [7, 11) is -3.71. The van der Waals surface area contributed by atoms with Gasteiger partial charge in [0.05, 0.1) is 9.82 Å². The van der Waals surface area contributed by atoms with Gasteiger partial charge in [-0.15, -0.1) is 11.3 Å². The smallest absolute Gasteiger partial charge is 0.293 e. The molecule has 4 rings (SSSR count). The Morgan fingerprint density at radius 2 is 1.69 bits per heavy atom. The van der Waals surface area contributed by atoms with Gasteiger partial charge in [-0.3, -0.25) is 10.1 Å². The van der Waals surface area contributed by atoms with E-state index in [2.05, 4.69) is 9.88 Å². The highest BCUT2D eigenvalue weighted by atomic mass is 32.2. The maximum Gasteiger partial charge on any atom is 0.293 e. The fourth-order valence-corrected chi connectivity index (χ4v) is 6.08. The Morgan fingerprint density at radius 3 is 2.31 bits per heavy atom. The molecule has 0 N–H and O–H groups in total. The molecule has 0 unspecified atom stereocenters. The van der Waals surface area contributed by atoms with Crippen molar-refractivity contribution in [3.05, 3.63) is 39.9 Å². The lowest BCUT2D eigenvalue weighted by Crippen LogP contribution is -2.46. The van der Waals surface area contributed by atoms with Crippen molar-refractivity contribution in [2.75, 3.05) is 49.1 Å². The molecule has 0 radical (unpaired) electrons. The first-order valence-electron chi connectivity index (χ1n) is 9.65. The van der Waals surface area contributed by atoms with E-state index in [9.17, 15) is 18.5 Å². The van der Waals surface area contributed by atoms with E-state index in [0.29, 0.717) is 45.0 Å². The number of nitro benzene ring substituents is 1. The number of piperidine rings is 1. The van der Waals surface area contributed by atoms with E-state index in [1.165, 1.54) is 16.4 Å². The SMILES string of the molecule is O=[N+]([O-])c1cc(S(=O)(=O)N2CCCCC2)ccc1N1CCN(c2nccs2)CC1. The lowest BCUT2D eigenvalue weighted by molar-refractivity contribution is -0.384. The van der Waals surface area contributed by atoms with Gasteiger partial charge in [0.2, 0.25) is 10.0 Å². The fourth-order valence-electron chi connectivity index (χ4n) is 3.84. The van der Waals surface area contributed by atoms with Crippen molar-refractivity contribution >= 4 is 37.9 Å². The number of aromatic nitrogens is 1. The summed E-state index contributed by atoms with van der Waals surface area (Å²) in [5.74, 6) is 0. The molecule has 2 aromatic rings. The predicted molar refractivity (Wildman–Crippen MR) is 112 cm³/mol. The monoisotopic (exact) mass is 437 g/mol. The molecule has 0 amide bonds. The standard InChI is InChI=1S/C18H23N5O4S2/c24-23(25)17-14-15(29(26,27)22-7-2-1-3-8-22)4-5-16(17)20-9-11-21(12-10-20)18-19-6-13-28-18/h4-6,13-14H,1-3,7-12H2. The lowest BCUT2D eigenvalue weighted by Gasteiger charge is -2.35. The molecule has 1 aromatic heterocycles. The first kappa shape index (κ1) is 20.0. The predicted octanol–water partition coefficient (Wildman–Crippen LogP) is 2.55. The van der Waals surface area contributed by atoms with Gasteiger partial charge in [-0.05, 0) is 25.0 Å².